The predicted molar refractivity (Wildman–Crippen MR) is 134 cm³/mol. The Labute approximate surface area is 254 Å². The summed E-state index contributed by atoms with van der Waals surface area (Å²) in [6, 6.07) is 0. The number of aliphatic hydroxyl groups is 14. The highest BCUT2D eigenvalue weighted by Gasteiger charge is 2.54. The highest BCUT2D eigenvalue weighted by atomic mass is 16.8. The van der Waals surface area contributed by atoms with Crippen LogP contribution in [0.4, 0.5) is 0 Å². The Morgan fingerprint density at radius 1 is 0.378 bits per heavy atom. The van der Waals surface area contributed by atoms with Gasteiger partial charge in [0.25, 0.3) is 0 Å². The summed E-state index contributed by atoms with van der Waals surface area (Å²) < 4.78 is 37.4. The van der Waals surface area contributed by atoms with Crippen LogP contribution >= 0.6 is 0 Å². The Hall–Kier alpha value is -0.840. The van der Waals surface area contributed by atoms with E-state index in [0.717, 1.165) is 0 Å². The van der Waals surface area contributed by atoms with Crippen molar-refractivity contribution in [3.05, 3.63) is 0 Å². The van der Waals surface area contributed by atoms with Gasteiger partial charge in [0.15, 0.2) is 25.2 Å². The van der Waals surface area contributed by atoms with Crippen LogP contribution in [0.3, 0.4) is 0 Å². The molecule has 4 saturated heterocycles. The maximum absolute atomic E-state index is 10.9. The van der Waals surface area contributed by atoms with E-state index in [1.54, 1.807) is 0 Å². The van der Waals surface area contributed by atoms with Crippen molar-refractivity contribution in [3.8, 4) is 0 Å². The summed E-state index contributed by atoms with van der Waals surface area (Å²) in [7, 11) is 0. The largest absolute Gasteiger partial charge is 0.394 e. The van der Waals surface area contributed by atoms with Crippen LogP contribution in [0.2, 0.25) is 0 Å². The Kier molecular flexibility index (Phi) is 12.8. The summed E-state index contributed by atoms with van der Waals surface area (Å²) in [6.07, 6.45) is -35.1. The van der Waals surface area contributed by atoms with Crippen molar-refractivity contribution in [1.29, 1.82) is 0 Å². The molecule has 0 aromatic heterocycles. The van der Waals surface area contributed by atoms with E-state index in [2.05, 4.69) is 0 Å². The van der Waals surface area contributed by atoms with Gasteiger partial charge in [0.2, 0.25) is 0 Å². The summed E-state index contributed by atoms with van der Waals surface area (Å²) in [5.74, 6) is 0. The minimum absolute atomic E-state index is 0.685. The SMILES string of the molecule is OC[C@H]1O[C@@H](OC[C@H]2O[C@@H](O[C@@H]3[C@H](O)[C@@H](O)C(O[C@H]4[C@H](O)[C@@H](CO)OC(O)[C@@H]4O)O[C@@H]3CO)[C@H](O)[C@@H](O)[C@H]2O)[C@H](O)[C@@H](O)[C@H]1O. The Bertz CT molecular complexity index is 914. The zero-order valence-corrected chi connectivity index (χ0v) is 23.5. The second kappa shape index (κ2) is 15.6. The lowest BCUT2D eigenvalue weighted by Gasteiger charge is -2.48. The molecule has 264 valence electrons. The second-order valence-corrected chi connectivity index (χ2v) is 11.2. The van der Waals surface area contributed by atoms with Gasteiger partial charge in [0, 0.05) is 0 Å². The zero-order valence-electron chi connectivity index (χ0n) is 23.5. The van der Waals surface area contributed by atoms with Crippen molar-refractivity contribution < 1.29 is 105 Å². The average Bonchev–Trinajstić information content (AvgIpc) is 3.03. The average molecular weight is 667 g/mol. The molecule has 0 aromatic carbocycles. The summed E-state index contributed by atoms with van der Waals surface area (Å²) in [5.41, 5.74) is 0. The number of hydrogen-bond donors (Lipinski definition) is 14. The molecule has 2 unspecified atom stereocenters. The third kappa shape index (κ3) is 7.59. The van der Waals surface area contributed by atoms with Gasteiger partial charge >= 0.3 is 0 Å². The molecule has 20 atom stereocenters. The van der Waals surface area contributed by atoms with Crippen molar-refractivity contribution in [2.45, 2.75) is 123 Å². The monoisotopic (exact) mass is 666 g/mol. The van der Waals surface area contributed by atoms with E-state index in [4.69, 9.17) is 33.2 Å². The molecule has 0 saturated carbocycles. The first-order valence-electron chi connectivity index (χ1n) is 14.1. The van der Waals surface area contributed by atoms with Crippen LogP contribution in [0.5, 0.6) is 0 Å². The molecule has 0 amide bonds. The maximum atomic E-state index is 10.9. The van der Waals surface area contributed by atoms with Gasteiger partial charge in [0.1, 0.15) is 97.7 Å². The normalized spacial score (nSPS) is 52.9. The van der Waals surface area contributed by atoms with Crippen LogP contribution in [-0.4, -0.2) is 221 Å². The molecule has 0 spiro atoms. The minimum Gasteiger partial charge on any atom is -0.394 e. The Morgan fingerprint density at radius 2 is 0.822 bits per heavy atom. The number of hydrogen-bond acceptors (Lipinski definition) is 21. The summed E-state index contributed by atoms with van der Waals surface area (Å²) in [6.45, 7) is -3.12. The molecule has 21 heteroatoms. The Morgan fingerprint density at radius 3 is 1.40 bits per heavy atom. The van der Waals surface area contributed by atoms with Gasteiger partial charge in [-0.05, 0) is 0 Å². The van der Waals surface area contributed by atoms with E-state index >= 15 is 0 Å². The molecular weight excluding hydrogens is 624 g/mol. The van der Waals surface area contributed by atoms with Crippen LogP contribution in [0, 0.1) is 0 Å². The van der Waals surface area contributed by atoms with Gasteiger partial charge in [-0.15, -0.1) is 0 Å². The summed E-state index contributed by atoms with van der Waals surface area (Å²) in [5, 5.41) is 142. The molecule has 4 aliphatic rings. The van der Waals surface area contributed by atoms with Gasteiger partial charge in [0.05, 0.1) is 26.4 Å². The van der Waals surface area contributed by atoms with Gasteiger partial charge < -0.3 is 105 Å². The van der Waals surface area contributed by atoms with E-state index < -0.39 is 149 Å². The third-order valence-corrected chi connectivity index (χ3v) is 8.19. The fraction of sp³-hybridized carbons (Fsp3) is 1.00. The second-order valence-electron chi connectivity index (χ2n) is 11.2. The fourth-order valence-corrected chi connectivity index (χ4v) is 5.43. The predicted octanol–water partition coefficient (Wildman–Crippen LogP) is -9.75. The van der Waals surface area contributed by atoms with Crippen LogP contribution in [0.15, 0.2) is 0 Å². The molecule has 4 heterocycles. The van der Waals surface area contributed by atoms with E-state index in [1.165, 1.54) is 0 Å². The minimum atomic E-state index is -2.02. The Balaban J connectivity index is 1.41. The van der Waals surface area contributed by atoms with E-state index in [0.29, 0.717) is 0 Å². The highest BCUT2D eigenvalue weighted by Crippen LogP contribution is 2.32. The van der Waals surface area contributed by atoms with Crippen molar-refractivity contribution >= 4 is 0 Å². The van der Waals surface area contributed by atoms with Gasteiger partial charge in [-0.1, -0.05) is 0 Å². The van der Waals surface area contributed by atoms with Crippen LogP contribution in [0.1, 0.15) is 0 Å². The zero-order chi connectivity index (χ0) is 33.3. The summed E-state index contributed by atoms with van der Waals surface area (Å²) in [4.78, 5) is 0. The van der Waals surface area contributed by atoms with Crippen molar-refractivity contribution in [2.24, 2.45) is 0 Å². The highest BCUT2D eigenvalue weighted by molar-refractivity contribution is 4.96. The van der Waals surface area contributed by atoms with Gasteiger partial charge in [-0.3, -0.25) is 0 Å². The molecule has 0 radical (unpaired) electrons. The molecule has 0 bridgehead atoms. The first kappa shape index (κ1) is 37.0. The van der Waals surface area contributed by atoms with Gasteiger partial charge in [-0.2, -0.15) is 0 Å². The first-order chi connectivity index (χ1) is 21.2. The fourth-order valence-electron chi connectivity index (χ4n) is 5.43. The van der Waals surface area contributed by atoms with Crippen LogP contribution in [-0.2, 0) is 33.2 Å². The molecular formula is C24H42O21. The molecule has 0 aromatic rings. The molecule has 4 rings (SSSR count). The number of rotatable bonds is 10. The van der Waals surface area contributed by atoms with E-state index in [1.807, 2.05) is 0 Å². The van der Waals surface area contributed by atoms with Crippen molar-refractivity contribution in [1.82, 2.24) is 0 Å². The molecule has 21 nitrogen and oxygen atoms in total. The molecule has 14 N–H and O–H groups in total. The standard InChI is InChI=1S/C24H42O21/c25-1-5-9(28)12(31)15(34)22(41-5)39-4-8-10(29)13(32)16(35)23(43-8)44-19-7(3-27)42-24(17(36)14(19)33)45-20-11(30)6(2-26)40-21(38)18(20)37/h5-38H,1-4H2/t5-,6-,7-,8-,9+,10+,11-,12+,13+,14-,15-,16-,17-,18-,19+,20+,21?,22-,23+,24?/m1/s1. The molecule has 45 heavy (non-hydrogen) atoms. The smallest absolute Gasteiger partial charge is 0.187 e. The molecule has 4 aliphatic heterocycles. The van der Waals surface area contributed by atoms with E-state index in [9.17, 15) is 71.5 Å². The van der Waals surface area contributed by atoms with Gasteiger partial charge in [-0.25, -0.2) is 0 Å². The first-order valence-corrected chi connectivity index (χ1v) is 14.1. The molecule has 0 aliphatic carbocycles. The lowest BCUT2D eigenvalue weighted by Crippen LogP contribution is -2.66. The van der Waals surface area contributed by atoms with Crippen molar-refractivity contribution in [3.63, 3.8) is 0 Å². The molecule has 4 fully saturated rings. The quantitative estimate of drug-likeness (QED) is 0.103. The van der Waals surface area contributed by atoms with Crippen LogP contribution < -0.4 is 0 Å². The summed E-state index contributed by atoms with van der Waals surface area (Å²) >= 11 is 0. The maximum Gasteiger partial charge on any atom is 0.187 e. The van der Waals surface area contributed by atoms with E-state index in [-0.39, 0.29) is 0 Å². The third-order valence-electron chi connectivity index (χ3n) is 8.19. The lowest BCUT2D eigenvalue weighted by molar-refractivity contribution is -0.380. The number of aliphatic hydroxyl groups excluding tert-OH is 14. The van der Waals surface area contributed by atoms with Crippen LogP contribution in [0.25, 0.3) is 0 Å². The van der Waals surface area contributed by atoms with Crippen molar-refractivity contribution in [2.75, 3.05) is 26.4 Å². The lowest BCUT2D eigenvalue weighted by atomic mass is 9.96. The number of ether oxygens (including phenoxy) is 7. The topological polar surface area (TPSA) is 348 Å².